The number of ketones is 1. The molecule has 0 atom stereocenters. The Morgan fingerprint density at radius 2 is 1.78 bits per heavy atom. The highest BCUT2D eigenvalue weighted by molar-refractivity contribution is 5.96. The molecule has 1 amide bonds. The van der Waals surface area contributed by atoms with E-state index in [0.29, 0.717) is 31.4 Å². The largest absolute Gasteiger partial charge is 0.497 e. The van der Waals surface area contributed by atoms with Gasteiger partial charge >= 0.3 is 0 Å². The lowest BCUT2D eigenvalue weighted by atomic mass is 10.0. The number of hydrogen-bond acceptors (Lipinski definition) is 4. The number of nitrogens with one attached hydrogen (secondary N) is 2. The van der Waals surface area contributed by atoms with Crippen molar-refractivity contribution in [1.82, 2.24) is 10.6 Å². The highest BCUT2D eigenvalue weighted by Crippen LogP contribution is 2.17. The van der Waals surface area contributed by atoms with Gasteiger partial charge in [-0.2, -0.15) is 0 Å². The molecule has 0 radical (unpaired) electrons. The van der Waals surface area contributed by atoms with Gasteiger partial charge in [0.05, 0.1) is 7.11 Å². The number of amides is 1. The fraction of sp³-hybridized carbons (Fsp3) is 0.333. The van der Waals surface area contributed by atoms with Crippen molar-refractivity contribution in [2.75, 3.05) is 7.11 Å². The number of benzene rings is 2. The number of halogens is 1. The van der Waals surface area contributed by atoms with Gasteiger partial charge in [-0.05, 0) is 47.4 Å². The third-order valence-electron chi connectivity index (χ3n) is 4.61. The van der Waals surface area contributed by atoms with Crippen LogP contribution in [0, 0.1) is 0 Å². The molecule has 5 nitrogen and oxygen atoms in total. The number of hydrogen-bond donors (Lipinski definition) is 2. The maximum Gasteiger partial charge on any atom is 0.220 e. The zero-order valence-corrected chi connectivity index (χ0v) is 16.2. The van der Waals surface area contributed by atoms with Crippen LogP contribution in [0.15, 0.2) is 42.5 Å². The van der Waals surface area contributed by atoms with Crippen molar-refractivity contribution in [3.05, 3.63) is 64.7 Å². The van der Waals surface area contributed by atoms with Gasteiger partial charge in [-0.3, -0.25) is 9.59 Å². The van der Waals surface area contributed by atoms with Crippen LogP contribution in [0.25, 0.3) is 0 Å². The van der Waals surface area contributed by atoms with Gasteiger partial charge in [0.1, 0.15) is 5.75 Å². The lowest BCUT2D eigenvalue weighted by Gasteiger charge is -2.07. The molecule has 0 aliphatic carbocycles. The molecule has 1 aliphatic rings. The number of Topliss-reactive ketones (excluding diaryl/α,β-unsaturated/α-hetero) is 1. The van der Waals surface area contributed by atoms with Crippen LogP contribution in [0.2, 0.25) is 0 Å². The summed E-state index contributed by atoms with van der Waals surface area (Å²) in [7, 11) is 1.59. The van der Waals surface area contributed by atoms with Gasteiger partial charge in [0.25, 0.3) is 0 Å². The van der Waals surface area contributed by atoms with Crippen molar-refractivity contribution in [3.63, 3.8) is 0 Å². The second-order valence-corrected chi connectivity index (χ2v) is 6.49. The summed E-state index contributed by atoms with van der Waals surface area (Å²) in [5, 5.41) is 6.24. The van der Waals surface area contributed by atoms with E-state index < -0.39 is 0 Å². The quantitative estimate of drug-likeness (QED) is 0.680. The number of methoxy groups -OCH3 is 1. The Balaban J connectivity index is 0.00000261. The molecule has 0 aromatic heterocycles. The minimum Gasteiger partial charge on any atom is -0.497 e. The highest BCUT2D eigenvalue weighted by atomic mass is 35.5. The normalized spacial score (nSPS) is 12.0. The van der Waals surface area contributed by atoms with Gasteiger partial charge in [-0.15, -0.1) is 12.4 Å². The monoisotopic (exact) mass is 388 g/mol. The number of fused-ring (bicyclic) bond motifs is 1. The molecule has 144 valence electrons. The van der Waals surface area contributed by atoms with E-state index in [2.05, 4.69) is 28.8 Å². The Morgan fingerprint density at radius 1 is 1.04 bits per heavy atom. The third kappa shape index (κ3) is 5.81. The Hall–Kier alpha value is -2.37. The first-order valence-corrected chi connectivity index (χ1v) is 8.91. The van der Waals surface area contributed by atoms with Crippen molar-refractivity contribution in [1.29, 1.82) is 0 Å². The zero-order chi connectivity index (χ0) is 18.4. The van der Waals surface area contributed by atoms with E-state index in [1.807, 2.05) is 0 Å². The summed E-state index contributed by atoms with van der Waals surface area (Å²) >= 11 is 0. The number of ether oxygens (including phenoxy) is 1. The minimum absolute atomic E-state index is 0. The fourth-order valence-corrected chi connectivity index (χ4v) is 3.08. The first kappa shape index (κ1) is 20.9. The van der Waals surface area contributed by atoms with E-state index >= 15 is 0 Å². The topological polar surface area (TPSA) is 67.4 Å². The molecular formula is C21H25ClN2O3. The van der Waals surface area contributed by atoms with Gasteiger partial charge in [-0.1, -0.05) is 18.2 Å². The molecule has 0 spiro atoms. The molecule has 0 fully saturated rings. The molecule has 1 aliphatic heterocycles. The summed E-state index contributed by atoms with van der Waals surface area (Å²) in [5.41, 5.74) is 4.40. The van der Waals surface area contributed by atoms with Gasteiger partial charge in [-0.25, -0.2) is 0 Å². The van der Waals surface area contributed by atoms with Crippen molar-refractivity contribution in [2.24, 2.45) is 0 Å². The molecule has 27 heavy (non-hydrogen) atoms. The predicted molar refractivity (Wildman–Crippen MR) is 107 cm³/mol. The van der Waals surface area contributed by atoms with Crippen molar-refractivity contribution >= 4 is 24.1 Å². The smallest absolute Gasteiger partial charge is 0.220 e. The standard InChI is InChI=1S/C21H24N2O3.ClH/c1-26-19-9-7-16(8-10-19)20(24)3-2-4-21(25)23-12-15-5-6-17-13-22-14-18(17)11-15;/h5-11,22H,2-4,12-14H2,1H3,(H,23,25);1H. The van der Waals surface area contributed by atoms with Crippen LogP contribution < -0.4 is 15.4 Å². The maximum atomic E-state index is 12.1. The van der Waals surface area contributed by atoms with Gasteiger partial charge in [0, 0.05) is 38.0 Å². The third-order valence-corrected chi connectivity index (χ3v) is 4.61. The Bertz CT molecular complexity index is 791. The first-order valence-electron chi connectivity index (χ1n) is 8.91. The molecule has 3 rings (SSSR count). The lowest BCUT2D eigenvalue weighted by molar-refractivity contribution is -0.121. The van der Waals surface area contributed by atoms with Crippen LogP contribution in [0.3, 0.4) is 0 Å². The predicted octanol–water partition coefficient (Wildman–Crippen LogP) is 3.39. The van der Waals surface area contributed by atoms with E-state index in [0.717, 1.165) is 24.4 Å². The summed E-state index contributed by atoms with van der Waals surface area (Å²) in [4.78, 5) is 24.1. The van der Waals surface area contributed by atoms with Gasteiger partial charge in [0.15, 0.2) is 5.78 Å². The summed E-state index contributed by atoms with van der Waals surface area (Å²) in [6, 6.07) is 13.4. The molecular weight excluding hydrogens is 364 g/mol. The molecule has 6 heteroatoms. The van der Waals surface area contributed by atoms with Gasteiger partial charge in [0.2, 0.25) is 5.91 Å². The molecule has 0 saturated heterocycles. The maximum absolute atomic E-state index is 12.1. The van der Waals surface area contributed by atoms with E-state index in [-0.39, 0.29) is 24.1 Å². The van der Waals surface area contributed by atoms with Crippen LogP contribution in [0.1, 0.15) is 46.3 Å². The van der Waals surface area contributed by atoms with Crippen LogP contribution in [-0.4, -0.2) is 18.8 Å². The molecule has 0 bridgehead atoms. The summed E-state index contributed by atoms with van der Waals surface area (Å²) in [6.45, 7) is 2.34. The lowest BCUT2D eigenvalue weighted by Crippen LogP contribution is -2.22. The summed E-state index contributed by atoms with van der Waals surface area (Å²) < 4.78 is 5.08. The first-order chi connectivity index (χ1) is 12.7. The fourth-order valence-electron chi connectivity index (χ4n) is 3.08. The van der Waals surface area contributed by atoms with Crippen LogP contribution >= 0.6 is 12.4 Å². The highest BCUT2D eigenvalue weighted by Gasteiger charge is 2.11. The second-order valence-electron chi connectivity index (χ2n) is 6.49. The second kappa shape index (κ2) is 10.1. The number of carbonyl (C=O) groups excluding carboxylic acids is 2. The SMILES string of the molecule is COc1ccc(C(=O)CCCC(=O)NCc2ccc3c(c2)CNC3)cc1.Cl. The van der Waals surface area contributed by atoms with E-state index in [1.165, 1.54) is 11.1 Å². The molecule has 0 unspecified atom stereocenters. The van der Waals surface area contributed by atoms with Crippen LogP contribution in [-0.2, 0) is 24.4 Å². The average molecular weight is 389 g/mol. The van der Waals surface area contributed by atoms with E-state index in [1.54, 1.807) is 31.4 Å². The van der Waals surface area contributed by atoms with E-state index in [9.17, 15) is 9.59 Å². The van der Waals surface area contributed by atoms with Gasteiger partial charge < -0.3 is 15.4 Å². The molecule has 2 aromatic rings. The Labute approximate surface area is 165 Å². The molecule has 1 heterocycles. The summed E-state index contributed by atoms with van der Waals surface area (Å²) in [6.07, 6.45) is 1.27. The average Bonchev–Trinajstić information content (AvgIpc) is 3.14. The number of rotatable bonds is 8. The zero-order valence-electron chi connectivity index (χ0n) is 15.4. The van der Waals surface area contributed by atoms with Crippen molar-refractivity contribution < 1.29 is 14.3 Å². The van der Waals surface area contributed by atoms with Crippen LogP contribution in [0.4, 0.5) is 0 Å². The minimum atomic E-state index is -0.0221. The molecule has 0 saturated carbocycles. The Kier molecular flexibility index (Phi) is 7.82. The number of carbonyl (C=O) groups is 2. The summed E-state index contributed by atoms with van der Waals surface area (Å²) in [5.74, 6) is 0.751. The van der Waals surface area contributed by atoms with Crippen molar-refractivity contribution in [3.8, 4) is 5.75 Å². The molecule has 2 aromatic carbocycles. The molecule has 2 N–H and O–H groups in total. The van der Waals surface area contributed by atoms with E-state index in [4.69, 9.17) is 4.74 Å². The van der Waals surface area contributed by atoms with Crippen molar-refractivity contribution in [2.45, 2.75) is 38.9 Å². The Morgan fingerprint density at radius 3 is 2.52 bits per heavy atom. The van der Waals surface area contributed by atoms with Crippen LogP contribution in [0.5, 0.6) is 5.75 Å².